The first-order valence-electron chi connectivity index (χ1n) is 6.99. The Morgan fingerprint density at radius 3 is 2.43 bits per heavy atom. The molecule has 21 heavy (non-hydrogen) atoms. The van der Waals surface area contributed by atoms with Gasteiger partial charge >= 0.3 is 0 Å². The van der Waals surface area contributed by atoms with E-state index in [0.717, 1.165) is 23.8 Å². The van der Waals surface area contributed by atoms with Crippen LogP contribution in [0.4, 0.5) is 8.78 Å². The molecule has 0 fully saturated rings. The smallest absolute Gasteiger partial charge is 0.165 e. The van der Waals surface area contributed by atoms with Crippen LogP contribution < -0.4 is 10.1 Å². The summed E-state index contributed by atoms with van der Waals surface area (Å²) in [6.45, 7) is 1.95. The van der Waals surface area contributed by atoms with Crippen molar-refractivity contribution in [2.75, 3.05) is 7.05 Å². The molecule has 0 saturated carbocycles. The molecule has 0 amide bonds. The molecule has 0 aliphatic heterocycles. The Kier molecular flexibility index (Phi) is 5.28. The summed E-state index contributed by atoms with van der Waals surface area (Å²) >= 11 is 0. The molecule has 0 heterocycles. The predicted octanol–water partition coefficient (Wildman–Crippen LogP) is 4.08. The number of likely N-dealkylation sites (N-methyl/N-ethyl adjacent to an activating group) is 1. The van der Waals surface area contributed by atoms with E-state index < -0.39 is 11.6 Å². The first kappa shape index (κ1) is 15.4. The van der Waals surface area contributed by atoms with Gasteiger partial charge in [0.05, 0.1) is 6.04 Å². The number of halogens is 2. The van der Waals surface area contributed by atoms with Crippen LogP contribution >= 0.6 is 0 Å². The molecule has 112 valence electrons. The molecule has 0 saturated heterocycles. The van der Waals surface area contributed by atoms with Gasteiger partial charge in [-0.1, -0.05) is 37.3 Å². The molecule has 2 aromatic rings. The van der Waals surface area contributed by atoms with E-state index in [2.05, 4.69) is 5.32 Å². The van der Waals surface area contributed by atoms with Gasteiger partial charge in [0.25, 0.3) is 0 Å². The van der Waals surface area contributed by atoms with E-state index in [1.807, 2.05) is 44.3 Å². The fourth-order valence-electron chi connectivity index (χ4n) is 2.35. The lowest BCUT2D eigenvalue weighted by Gasteiger charge is -2.27. The summed E-state index contributed by atoms with van der Waals surface area (Å²) in [5, 5.41) is 3.18. The molecular weight excluding hydrogens is 272 g/mol. The lowest BCUT2D eigenvalue weighted by Crippen LogP contribution is -2.33. The molecule has 0 aromatic heterocycles. The fraction of sp³-hybridized carbons (Fsp3) is 0.294. The van der Waals surface area contributed by atoms with Crippen LogP contribution in [0.2, 0.25) is 0 Å². The zero-order valence-electron chi connectivity index (χ0n) is 12.1. The third-order valence-corrected chi connectivity index (χ3v) is 3.42. The SMILES string of the molecule is CCC(Oc1cc(F)ccc1F)C(NC)c1ccccc1. The second-order valence-electron chi connectivity index (χ2n) is 4.82. The Balaban J connectivity index is 2.24. The lowest BCUT2D eigenvalue weighted by atomic mass is 9.99. The third-order valence-electron chi connectivity index (χ3n) is 3.42. The maximum atomic E-state index is 13.7. The van der Waals surface area contributed by atoms with Crippen LogP contribution in [-0.4, -0.2) is 13.2 Å². The molecule has 2 aromatic carbocycles. The third kappa shape index (κ3) is 3.79. The van der Waals surface area contributed by atoms with Crippen molar-refractivity contribution in [3.63, 3.8) is 0 Å². The maximum absolute atomic E-state index is 13.7. The predicted molar refractivity (Wildman–Crippen MR) is 79.3 cm³/mol. The van der Waals surface area contributed by atoms with E-state index in [0.29, 0.717) is 6.42 Å². The second-order valence-corrected chi connectivity index (χ2v) is 4.82. The van der Waals surface area contributed by atoms with Crippen LogP contribution in [-0.2, 0) is 0 Å². The minimum atomic E-state index is -0.558. The molecule has 0 aliphatic rings. The van der Waals surface area contributed by atoms with E-state index >= 15 is 0 Å². The topological polar surface area (TPSA) is 21.3 Å². The van der Waals surface area contributed by atoms with Crippen LogP contribution in [0.15, 0.2) is 48.5 Å². The van der Waals surface area contributed by atoms with E-state index in [1.165, 1.54) is 0 Å². The molecule has 0 radical (unpaired) electrons. The summed E-state index contributed by atoms with van der Waals surface area (Å²) < 4.78 is 32.7. The number of rotatable bonds is 6. The zero-order chi connectivity index (χ0) is 15.2. The average Bonchev–Trinajstić information content (AvgIpc) is 2.51. The zero-order valence-corrected chi connectivity index (χ0v) is 12.1. The highest BCUT2D eigenvalue weighted by Crippen LogP contribution is 2.26. The van der Waals surface area contributed by atoms with Gasteiger partial charge in [0.2, 0.25) is 0 Å². The van der Waals surface area contributed by atoms with Gasteiger partial charge in [-0.3, -0.25) is 0 Å². The molecule has 2 rings (SSSR count). The first-order chi connectivity index (χ1) is 10.2. The van der Waals surface area contributed by atoms with Crippen molar-refractivity contribution in [3.05, 3.63) is 65.7 Å². The quantitative estimate of drug-likeness (QED) is 0.865. The van der Waals surface area contributed by atoms with E-state index in [9.17, 15) is 8.78 Å². The van der Waals surface area contributed by atoms with Crippen LogP contribution in [0.1, 0.15) is 24.9 Å². The van der Waals surface area contributed by atoms with Gasteiger partial charge < -0.3 is 10.1 Å². The normalized spacial score (nSPS) is 13.7. The Hall–Kier alpha value is -1.94. The van der Waals surface area contributed by atoms with E-state index in [1.54, 1.807) is 0 Å². The van der Waals surface area contributed by atoms with Gasteiger partial charge in [-0.15, -0.1) is 0 Å². The molecule has 0 bridgehead atoms. The number of benzene rings is 2. The number of hydrogen-bond acceptors (Lipinski definition) is 2. The highest BCUT2D eigenvalue weighted by molar-refractivity contribution is 5.26. The van der Waals surface area contributed by atoms with Crippen molar-refractivity contribution in [1.82, 2.24) is 5.32 Å². The highest BCUT2D eigenvalue weighted by atomic mass is 19.1. The number of hydrogen-bond donors (Lipinski definition) is 1. The largest absolute Gasteiger partial charge is 0.485 e. The molecule has 2 nitrogen and oxygen atoms in total. The average molecular weight is 291 g/mol. The molecule has 0 aliphatic carbocycles. The van der Waals surface area contributed by atoms with Crippen LogP contribution in [0.5, 0.6) is 5.75 Å². The molecule has 4 heteroatoms. The molecule has 1 N–H and O–H groups in total. The van der Waals surface area contributed by atoms with E-state index in [-0.39, 0.29) is 17.9 Å². The Bertz CT molecular complexity index is 574. The summed E-state index contributed by atoms with van der Waals surface area (Å²) in [6.07, 6.45) is 0.366. The Morgan fingerprint density at radius 2 is 1.81 bits per heavy atom. The highest BCUT2D eigenvalue weighted by Gasteiger charge is 2.23. The standard InChI is InChI=1S/C17H19F2NO/c1-3-15(17(20-2)12-7-5-4-6-8-12)21-16-11-13(18)9-10-14(16)19/h4-11,15,17,20H,3H2,1-2H3. The Labute approximate surface area is 123 Å². The van der Waals surface area contributed by atoms with Crippen LogP contribution in [0.25, 0.3) is 0 Å². The van der Waals surface area contributed by atoms with E-state index in [4.69, 9.17) is 4.74 Å². The lowest BCUT2D eigenvalue weighted by molar-refractivity contribution is 0.145. The van der Waals surface area contributed by atoms with Crippen molar-refractivity contribution >= 4 is 0 Å². The van der Waals surface area contributed by atoms with Crippen molar-refractivity contribution in [2.45, 2.75) is 25.5 Å². The van der Waals surface area contributed by atoms with Gasteiger partial charge in [-0.05, 0) is 31.2 Å². The molecule has 2 atom stereocenters. The molecule has 0 spiro atoms. The summed E-state index contributed by atoms with van der Waals surface area (Å²) in [4.78, 5) is 0. The summed E-state index contributed by atoms with van der Waals surface area (Å²) in [6, 6.07) is 12.9. The molecular formula is C17H19F2NO. The van der Waals surface area contributed by atoms with Crippen LogP contribution in [0.3, 0.4) is 0 Å². The minimum absolute atomic E-state index is 0.0574. The Morgan fingerprint density at radius 1 is 1.10 bits per heavy atom. The monoisotopic (exact) mass is 291 g/mol. The van der Waals surface area contributed by atoms with Gasteiger partial charge in [-0.25, -0.2) is 8.78 Å². The summed E-state index contributed by atoms with van der Waals surface area (Å²) in [5.74, 6) is -1.13. The van der Waals surface area contributed by atoms with Gasteiger partial charge in [-0.2, -0.15) is 0 Å². The maximum Gasteiger partial charge on any atom is 0.165 e. The van der Waals surface area contributed by atoms with Crippen LogP contribution in [0, 0.1) is 11.6 Å². The summed E-state index contributed by atoms with van der Waals surface area (Å²) in [7, 11) is 1.83. The van der Waals surface area contributed by atoms with Gasteiger partial charge in [0, 0.05) is 6.07 Å². The number of ether oxygens (including phenoxy) is 1. The molecule has 2 unspecified atom stereocenters. The second kappa shape index (κ2) is 7.18. The van der Waals surface area contributed by atoms with Crippen molar-refractivity contribution in [3.8, 4) is 5.75 Å². The van der Waals surface area contributed by atoms with Crippen molar-refractivity contribution < 1.29 is 13.5 Å². The number of nitrogens with one attached hydrogen (secondary N) is 1. The van der Waals surface area contributed by atoms with Crippen molar-refractivity contribution in [2.24, 2.45) is 0 Å². The van der Waals surface area contributed by atoms with Crippen molar-refractivity contribution in [1.29, 1.82) is 0 Å². The first-order valence-corrected chi connectivity index (χ1v) is 6.99. The summed E-state index contributed by atoms with van der Waals surface area (Å²) in [5.41, 5.74) is 1.05. The van der Waals surface area contributed by atoms with Gasteiger partial charge in [0.15, 0.2) is 11.6 Å². The minimum Gasteiger partial charge on any atom is -0.485 e. The van der Waals surface area contributed by atoms with Gasteiger partial charge in [0.1, 0.15) is 11.9 Å². The fourth-order valence-corrected chi connectivity index (χ4v) is 2.35.